The van der Waals surface area contributed by atoms with Gasteiger partial charge in [-0.1, -0.05) is 62.8 Å². The highest BCUT2D eigenvalue weighted by Crippen LogP contribution is 2.23. The van der Waals surface area contributed by atoms with Gasteiger partial charge in [0.25, 0.3) is 0 Å². The lowest BCUT2D eigenvalue weighted by molar-refractivity contribution is 0.415. The van der Waals surface area contributed by atoms with Gasteiger partial charge < -0.3 is 9.64 Å². The SMILES string of the molecule is CCCCCCCCN(Cc1ccc(C)cc1C)c1ccc(OC)cc1. The van der Waals surface area contributed by atoms with Crippen molar-refractivity contribution in [2.45, 2.75) is 65.8 Å². The van der Waals surface area contributed by atoms with Gasteiger partial charge in [-0.2, -0.15) is 0 Å². The number of ether oxygens (including phenoxy) is 1. The number of anilines is 1. The Morgan fingerprint density at radius 2 is 1.54 bits per heavy atom. The molecule has 0 aromatic heterocycles. The molecule has 2 aromatic rings. The largest absolute Gasteiger partial charge is 0.497 e. The van der Waals surface area contributed by atoms with E-state index in [4.69, 9.17) is 4.74 Å². The molecule has 0 aliphatic rings. The summed E-state index contributed by atoms with van der Waals surface area (Å²) in [7, 11) is 1.72. The maximum Gasteiger partial charge on any atom is 0.119 e. The van der Waals surface area contributed by atoms with Crippen LogP contribution >= 0.6 is 0 Å². The smallest absolute Gasteiger partial charge is 0.119 e. The molecule has 142 valence electrons. The van der Waals surface area contributed by atoms with E-state index in [9.17, 15) is 0 Å². The number of unbranched alkanes of at least 4 members (excludes halogenated alkanes) is 5. The number of benzene rings is 2. The molecule has 0 aliphatic carbocycles. The van der Waals surface area contributed by atoms with Crippen LogP contribution in [0.3, 0.4) is 0 Å². The zero-order chi connectivity index (χ0) is 18.8. The number of hydrogen-bond acceptors (Lipinski definition) is 2. The van der Waals surface area contributed by atoms with Crippen LogP contribution < -0.4 is 9.64 Å². The quantitative estimate of drug-likeness (QED) is 0.418. The molecule has 0 aliphatic heterocycles. The third-order valence-electron chi connectivity index (χ3n) is 5.08. The molecular formula is C24H35NO. The minimum atomic E-state index is 0.916. The zero-order valence-corrected chi connectivity index (χ0v) is 17.1. The maximum absolute atomic E-state index is 5.32. The summed E-state index contributed by atoms with van der Waals surface area (Å²) in [6.07, 6.45) is 7.97. The lowest BCUT2D eigenvalue weighted by Gasteiger charge is -2.26. The Morgan fingerprint density at radius 1 is 0.846 bits per heavy atom. The monoisotopic (exact) mass is 353 g/mol. The van der Waals surface area contributed by atoms with Crippen molar-refractivity contribution in [1.29, 1.82) is 0 Å². The molecular weight excluding hydrogens is 318 g/mol. The van der Waals surface area contributed by atoms with Gasteiger partial charge >= 0.3 is 0 Å². The Hall–Kier alpha value is -1.96. The average Bonchev–Trinajstić information content (AvgIpc) is 2.65. The standard InChI is InChI=1S/C24H35NO/c1-5-6-7-8-9-10-17-25(23-13-15-24(26-4)16-14-23)19-22-12-11-20(2)18-21(22)3/h11-16,18H,5-10,17,19H2,1-4H3. The van der Waals surface area contributed by atoms with E-state index in [1.807, 2.05) is 0 Å². The Morgan fingerprint density at radius 3 is 2.19 bits per heavy atom. The van der Waals surface area contributed by atoms with Crippen LogP contribution in [0, 0.1) is 13.8 Å². The van der Waals surface area contributed by atoms with Gasteiger partial charge in [0, 0.05) is 18.8 Å². The molecule has 2 aromatic carbocycles. The van der Waals surface area contributed by atoms with E-state index in [2.05, 4.69) is 68.1 Å². The topological polar surface area (TPSA) is 12.5 Å². The van der Waals surface area contributed by atoms with Crippen LogP contribution in [0.15, 0.2) is 42.5 Å². The van der Waals surface area contributed by atoms with Crippen molar-refractivity contribution < 1.29 is 4.74 Å². The minimum absolute atomic E-state index is 0.916. The predicted molar refractivity (Wildman–Crippen MR) is 113 cm³/mol. The Kier molecular flexibility index (Phi) is 8.53. The molecule has 0 unspecified atom stereocenters. The second-order valence-corrected chi connectivity index (χ2v) is 7.32. The summed E-state index contributed by atoms with van der Waals surface area (Å²) in [5, 5.41) is 0. The van der Waals surface area contributed by atoms with Gasteiger partial charge in [-0.15, -0.1) is 0 Å². The van der Waals surface area contributed by atoms with Gasteiger partial charge in [0.1, 0.15) is 5.75 Å². The van der Waals surface area contributed by atoms with Crippen LogP contribution in [-0.2, 0) is 6.54 Å². The fourth-order valence-corrected chi connectivity index (χ4v) is 3.40. The first kappa shape index (κ1) is 20.4. The van der Waals surface area contributed by atoms with E-state index < -0.39 is 0 Å². The van der Waals surface area contributed by atoms with Gasteiger partial charge in [-0.05, 0) is 55.7 Å². The molecule has 0 heterocycles. The second-order valence-electron chi connectivity index (χ2n) is 7.32. The molecule has 2 rings (SSSR count). The number of hydrogen-bond donors (Lipinski definition) is 0. The minimum Gasteiger partial charge on any atom is -0.497 e. The van der Waals surface area contributed by atoms with Crippen LogP contribution in [0.2, 0.25) is 0 Å². The van der Waals surface area contributed by atoms with E-state index >= 15 is 0 Å². The third kappa shape index (κ3) is 6.40. The molecule has 0 amide bonds. The first-order valence-corrected chi connectivity index (χ1v) is 10.1. The van der Waals surface area contributed by atoms with Gasteiger partial charge in [-0.25, -0.2) is 0 Å². The van der Waals surface area contributed by atoms with Crippen molar-refractivity contribution in [3.05, 3.63) is 59.2 Å². The number of aryl methyl sites for hydroxylation is 2. The van der Waals surface area contributed by atoms with Crippen molar-refractivity contribution in [2.75, 3.05) is 18.6 Å². The third-order valence-corrected chi connectivity index (χ3v) is 5.08. The van der Waals surface area contributed by atoms with Crippen LogP contribution in [0.1, 0.15) is 62.1 Å². The van der Waals surface area contributed by atoms with E-state index in [1.54, 1.807) is 7.11 Å². The number of nitrogens with zero attached hydrogens (tertiary/aromatic N) is 1. The molecule has 0 saturated heterocycles. The van der Waals surface area contributed by atoms with E-state index in [0.717, 1.165) is 18.8 Å². The van der Waals surface area contributed by atoms with Gasteiger partial charge in [-0.3, -0.25) is 0 Å². The van der Waals surface area contributed by atoms with Crippen LogP contribution in [0.5, 0.6) is 5.75 Å². The molecule has 0 saturated carbocycles. The molecule has 26 heavy (non-hydrogen) atoms. The first-order chi connectivity index (χ1) is 12.6. The Bertz CT molecular complexity index is 648. The maximum atomic E-state index is 5.32. The van der Waals surface area contributed by atoms with E-state index in [0.29, 0.717) is 0 Å². The van der Waals surface area contributed by atoms with Gasteiger partial charge in [0.15, 0.2) is 0 Å². The molecule has 0 radical (unpaired) electrons. The molecule has 0 N–H and O–H groups in total. The van der Waals surface area contributed by atoms with Crippen LogP contribution in [0.4, 0.5) is 5.69 Å². The molecule has 2 heteroatoms. The summed E-state index contributed by atoms with van der Waals surface area (Å²) >= 11 is 0. The fraction of sp³-hybridized carbons (Fsp3) is 0.500. The summed E-state index contributed by atoms with van der Waals surface area (Å²) in [5.74, 6) is 0.916. The van der Waals surface area contributed by atoms with Crippen molar-refractivity contribution >= 4 is 5.69 Å². The van der Waals surface area contributed by atoms with E-state index in [-0.39, 0.29) is 0 Å². The van der Waals surface area contributed by atoms with E-state index in [1.165, 1.54) is 60.9 Å². The molecule has 0 bridgehead atoms. The molecule has 0 fully saturated rings. The average molecular weight is 354 g/mol. The summed E-state index contributed by atoms with van der Waals surface area (Å²) in [4.78, 5) is 2.51. The van der Waals surface area contributed by atoms with Crippen molar-refractivity contribution in [1.82, 2.24) is 0 Å². The molecule has 2 nitrogen and oxygen atoms in total. The van der Waals surface area contributed by atoms with Crippen LogP contribution in [-0.4, -0.2) is 13.7 Å². The lowest BCUT2D eigenvalue weighted by atomic mass is 10.0. The summed E-state index contributed by atoms with van der Waals surface area (Å²) in [6.45, 7) is 8.72. The Labute approximate surface area is 160 Å². The summed E-state index contributed by atoms with van der Waals surface area (Å²) in [5.41, 5.74) is 5.40. The van der Waals surface area contributed by atoms with Crippen molar-refractivity contribution in [3.8, 4) is 5.75 Å². The highest BCUT2D eigenvalue weighted by Gasteiger charge is 2.10. The highest BCUT2D eigenvalue weighted by atomic mass is 16.5. The number of methoxy groups -OCH3 is 1. The lowest BCUT2D eigenvalue weighted by Crippen LogP contribution is -2.24. The van der Waals surface area contributed by atoms with Crippen LogP contribution in [0.25, 0.3) is 0 Å². The normalized spacial score (nSPS) is 10.8. The summed E-state index contributed by atoms with van der Waals surface area (Å²) < 4.78 is 5.32. The summed E-state index contributed by atoms with van der Waals surface area (Å²) in [6, 6.07) is 15.3. The number of rotatable bonds is 11. The first-order valence-electron chi connectivity index (χ1n) is 10.1. The Balaban J connectivity index is 2.04. The predicted octanol–water partition coefficient (Wildman–Crippen LogP) is 6.68. The van der Waals surface area contributed by atoms with Crippen molar-refractivity contribution in [2.24, 2.45) is 0 Å². The van der Waals surface area contributed by atoms with Gasteiger partial charge in [0.05, 0.1) is 7.11 Å². The van der Waals surface area contributed by atoms with Crippen molar-refractivity contribution in [3.63, 3.8) is 0 Å². The highest BCUT2D eigenvalue weighted by molar-refractivity contribution is 5.50. The molecule has 0 spiro atoms. The second kappa shape index (κ2) is 10.9. The van der Waals surface area contributed by atoms with Gasteiger partial charge in [0.2, 0.25) is 0 Å². The zero-order valence-electron chi connectivity index (χ0n) is 17.1. The molecule has 0 atom stereocenters. The fourth-order valence-electron chi connectivity index (χ4n) is 3.40.